The highest BCUT2D eigenvalue weighted by Crippen LogP contribution is 2.07. The van der Waals surface area contributed by atoms with E-state index in [1.807, 2.05) is 9.80 Å². The molecule has 0 saturated carbocycles. The first-order valence-corrected chi connectivity index (χ1v) is 5.70. The van der Waals surface area contributed by atoms with E-state index in [1.54, 1.807) is 0 Å². The SMILES string of the molecule is OC1CN(COCCOCN2CC(O)C2)C1. The topological polar surface area (TPSA) is 65.4 Å². The molecule has 0 spiro atoms. The van der Waals surface area contributed by atoms with Crippen molar-refractivity contribution in [2.45, 2.75) is 12.2 Å². The van der Waals surface area contributed by atoms with Gasteiger partial charge in [-0.25, -0.2) is 0 Å². The summed E-state index contributed by atoms with van der Waals surface area (Å²) in [7, 11) is 0. The molecule has 0 radical (unpaired) electrons. The van der Waals surface area contributed by atoms with E-state index in [1.165, 1.54) is 0 Å². The van der Waals surface area contributed by atoms with Gasteiger partial charge in [0.15, 0.2) is 0 Å². The quantitative estimate of drug-likeness (QED) is 0.509. The molecule has 2 aliphatic heterocycles. The Morgan fingerprint density at radius 2 is 1.19 bits per heavy atom. The molecule has 6 heteroatoms. The molecule has 2 rings (SSSR count). The van der Waals surface area contributed by atoms with Gasteiger partial charge in [0.1, 0.15) is 0 Å². The fourth-order valence-electron chi connectivity index (χ4n) is 1.80. The average Bonchev–Trinajstić information content (AvgIpc) is 2.16. The van der Waals surface area contributed by atoms with Crippen LogP contribution in [0.4, 0.5) is 0 Å². The van der Waals surface area contributed by atoms with Crippen LogP contribution in [0.1, 0.15) is 0 Å². The summed E-state index contributed by atoms with van der Waals surface area (Å²) in [6.07, 6.45) is -0.338. The van der Waals surface area contributed by atoms with Crippen LogP contribution in [0.2, 0.25) is 0 Å². The van der Waals surface area contributed by atoms with Crippen molar-refractivity contribution >= 4 is 0 Å². The summed E-state index contributed by atoms with van der Waals surface area (Å²) in [5, 5.41) is 18.1. The van der Waals surface area contributed by atoms with Crippen LogP contribution in [0.5, 0.6) is 0 Å². The van der Waals surface area contributed by atoms with Gasteiger partial charge < -0.3 is 19.7 Å². The summed E-state index contributed by atoms with van der Waals surface area (Å²) >= 11 is 0. The molecule has 0 aromatic heterocycles. The monoisotopic (exact) mass is 232 g/mol. The second kappa shape index (κ2) is 5.90. The Bertz CT molecular complexity index is 183. The number of nitrogens with zero attached hydrogens (tertiary/aromatic N) is 2. The molecule has 0 bridgehead atoms. The summed E-state index contributed by atoms with van der Waals surface area (Å²) in [4.78, 5) is 4.08. The highest BCUT2D eigenvalue weighted by molar-refractivity contribution is 4.76. The van der Waals surface area contributed by atoms with Gasteiger partial charge in [-0.3, -0.25) is 9.80 Å². The molecule has 94 valence electrons. The zero-order valence-electron chi connectivity index (χ0n) is 9.42. The average molecular weight is 232 g/mol. The fourth-order valence-corrected chi connectivity index (χ4v) is 1.80. The first-order valence-electron chi connectivity index (χ1n) is 5.70. The van der Waals surface area contributed by atoms with Gasteiger partial charge in [0, 0.05) is 26.2 Å². The minimum atomic E-state index is -0.169. The third kappa shape index (κ3) is 3.65. The Balaban J connectivity index is 1.33. The first-order chi connectivity index (χ1) is 7.74. The summed E-state index contributed by atoms with van der Waals surface area (Å²) in [6, 6.07) is 0. The number of rotatable bonds is 7. The Hall–Kier alpha value is -0.240. The molecule has 6 nitrogen and oxygen atoms in total. The van der Waals surface area contributed by atoms with Crippen LogP contribution in [0.25, 0.3) is 0 Å². The highest BCUT2D eigenvalue weighted by atomic mass is 16.5. The van der Waals surface area contributed by atoms with Gasteiger partial charge in [-0.05, 0) is 0 Å². The number of aliphatic hydroxyl groups is 2. The molecule has 0 aromatic rings. The lowest BCUT2D eigenvalue weighted by molar-refractivity contribution is -0.0987. The molecule has 0 unspecified atom stereocenters. The minimum Gasteiger partial charge on any atom is -0.390 e. The van der Waals surface area contributed by atoms with Gasteiger partial charge >= 0.3 is 0 Å². The Morgan fingerprint density at radius 1 is 0.812 bits per heavy atom. The molecule has 0 aliphatic carbocycles. The predicted molar refractivity (Wildman–Crippen MR) is 56.8 cm³/mol. The van der Waals surface area contributed by atoms with Crippen molar-refractivity contribution in [3.8, 4) is 0 Å². The van der Waals surface area contributed by atoms with Crippen molar-refractivity contribution in [3.05, 3.63) is 0 Å². The van der Waals surface area contributed by atoms with E-state index in [0.29, 0.717) is 52.9 Å². The molecule has 2 saturated heterocycles. The van der Waals surface area contributed by atoms with Crippen LogP contribution < -0.4 is 0 Å². The number of hydrogen-bond acceptors (Lipinski definition) is 6. The number of likely N-dealkylation sites (tertiary alicyclic amines) is 2. The lowest BCUT2D eigenvalue weighted by atomic mass is 10.2. The maximum atomic E-state index is 9.03. The fraction of sp³-hybridized carbons (Fsp3) is 1.00. The van der Waals surface area contributed by atoms with Crippen LogP contribution in [0.3, 0.4) is 0 Å². The van der Waals surface area contributed by atoms with Crippen molar-refractivity contribution in [2.75, 3.05) is 52.9 Å². The maximum Gasteiger partial charge on any atom is 0.0993 e. The summed E-state index contributed by atoms with van der Waals surface area (Å²) < 4.78 is 10.7. The van der Waals surface area contributed by atoms with Crippen LogP contribution in [0, 0.1) is 0 Å². The van der Waals surface area contributed by atoms with E-state index in [-0.39, 0.29) is 12.2 Å². The molecular weight excluding hydrogens is 212 g/mol. The lowest BCUT2D eigenvalue weighted by Gasteiger charge is -2.35. The van der Waals surface area contributed by atoms with Crippen molar-refractivity contribution in [2.24, 2.45) is 0 Å². The first kappa shape index (κ1) is 12.2. The summed E-state index contributed by atoms with van der Waals surface area (Å²) in [6.45, 7) is 5.15. The zero-order valence-corrected chi connectivity index (χ0v) is 9.42. The van der Waals surface area contributed by atoms with Gasteiger partial charge in [-0.2, -0.15) is 0 Å². The molecule has 2 heterocycles. The highest BCUT2D eigenvalue weighted by Gasteiger charge is 2.24. The number of aliphatic hydroxyl groups excluding tert-OH is 2. The van der Waals surface area contributed by atoms with E-state index in [9.17, 15) is 0 Å². The summed E-state index contributed by atoms with van der Waals surface area (Å²) in [5.74, 6) is 0. The molecule has 0 amide bonds. The van der Waals surface area contributed by atoms with Crippen LogP contribution >= 0.6 is 0 Å². The number of ether oxygens (including phenoxy) is 2. The van der Waals surface area contributed by atoms with Gasteiger partial charge in [-0.1, -0.05) is 0 Å². The standard InChI is InChI=1S/C10H20N2O4/c13-9-3-11(4-9)7-15-1-2-16-8-12-5-10(14)6-12/h9-10,13-14H,1-8H2. The van der Waals surface area contributed by atoms with Crippen LogP contribution in [0.15, 0.2) is 0 Å². The van der Waals surface area contributed by atoms with Crippen molar-refractivity contribution in [1.82, 2.24) is 9.80 Å². The van der Waals surface area contributed by atoms with Crippen LogP contribution in [-0.2, 0) is 9.47 Å². The third-order valence-corrected chi connectivity index (χ3v) is 2.80. The number of hydrogen-bond donors (Lipinski definition) is 2. The smallest absolute Gasteiger partial charge is 0.0993 e. The van der Waals surface area contributed by atoms with Crippen molar-refractivity contribution in [1.29, 1.82) is 0 Å². The maximum absolute atomic E-state index is 9.03. The minimum absolute atomic E-state index is 0.169. The Kier molecular flexibility index (Phi) is 4.51. The largest absolute Gasteiger partial charge is 0.390 e. The van der Waals surface area contributed by atoms with Gasteiger partial charge in [0.05, 0.1) is 38.9 Å². The Morgan fingerprint density at radius 3 is 1.50 bits per heavy atom. The summed E-state index contributed by atoms with van der Waals surface area (Å²) in [5.41, 5.74) is 0. The normalized spacial score (nSPS) is 24.4. The lowest BCUT2D eigenvalue weighted by Crippen LogP contribution is -2.51. The van der Waals surface area contributed by atoms with E-state index >= 15 is 0 Å². The second-order valence-corrected chi connectivity index (χ2v) is 4.45. The number of β-amino-alcohol motifs (C(OH)–C–C–N with tert-alkyl or cyclic N) is 2. The van der Waals surface area contributed by atoms with Crippen molar-refractivity contribution < 1.29 is 19.7 Å². The third-order valence-electron chi connectivity index (χ3n) is 2.80. The molecule has 2 N–H and O–H groups in total. The van der Waals surface area contributed by atoms with Gasteiger partial charge in [0.25, 0.3) is 0 Å². The predicted octanol–water partition coefficient (Wildman–Crippen LogP) is -1.71. The molecule has 2 fully saturated rings. The molecule has 0 atom stereocenters. The van der Waals surface area contributed by atoms with E-state index in [4.69, 9.17) is 19.7 Å². The molecule has 16 heavy (non-hydrogen) atoms. The molecular formula is C10H20N2O4. The Labute approximate surface area is 95.3 Å². The van der Waals surface area contributed by atoms with E-state index < -0.39 is 0 Å². The van der Waals surface area contributed by atoms with Gasteiger partial charge in [-0.15, -0.1) is 0 Å². The second-order valence-electron chi connectivity index (χ2n) is 4.45. The van der Waals surface area contributed by atoms with Crippen molar-refractivity contribution in [3.63, 3.8) is 0 Å². The van der Waals surface area contributed by atoms with E-state index in [0.717, 1.165) is 0 Å². The van der Waals surface area contributed by atoms with Crippen LogP contribution in [-0.4, -0.2) is 85.1 Å². The van der Waals surface area contributed by atoms with E-state index in [2.05, 4.69) is 0 Å². The molecule has 2 aliphatic rings. The molecule has 0 aromatic carbocycles. The van der Waals surface area contributed by atoms with Gasteiger partial charge in [0.2, 0.25) is 0 Å². The zero-order chi connectivity index (χ0) is 11.4.